The fourth-order valence-corrected chi connectivity index (χ4v) is 5.45. The minimum atomic E-state index is -0.192. The molecule has 7 heteroatoms. The van der Waals surface area contributed by atoms with Gasteiger partial charge in [-0.15, -0.1) is 0 Å². The van der Waals surface area contributed by atoms with E-state index in [-0.39, 0.29) is 17.4 Å². The number of amides is 1. The van der Waals surface area contributed by atoms with Crippen molar-refractivity contribution in [3.63, 3.8) is 0 Å². The Hall–Kier alpha value is -3.45. The molecule has 0 unspecified atom stereocenters. The Bertz CT molecular complexity index is 1490. The highest BCUT2D eigenvalue weighted by atomic mass is 16.5. The quantitative estimate of drug-likeness (QED) is 0.496. The number of hydrogen-bond donors (Lipinski definition) is 1. The number of benzene rings is 2. The number of nitrogens with zero attached hydrogens (tertiary/aromatic N) is 3. The van der Waals surface area contributed by atoms with Crippen molar-refractivity contribution < 1.29 is 9.53 Å². The van der Waals surface area contributed by atoms with Gasteiger partial charge in [0.1, 0.15) is 11.3 Å². The Balaban J connectivity index is 1.42. The number of imidazole rings is 1. The highest BCUT2D eigenvalue weighted by molar-refractivity contribution is 5.99. The van der Waals surface area contributed by atoms with E-state index in [4.69, 9.17) is 4.74 Å². The van der Waals surface area contributed by atoms with Crippen LogP contribution < -0.4 is 5.56 Å². The van der Waals surface area contributed by atoms with Crippen molar-refractivity contribution in [2.24, 2.45) is 0 Å². The van der Waals surface area contributed by atoms with Gasteiger partial charge in [0.05, 0.1) is 17.2 Å². The summed E-state index contributed by atoms with van der Waals surface area (Å²) in [6.45, 7) is 6.76. The Kier molecular flexibility index (Phi) is 5.03. The molecular weight excluding hydrogens is 428 g/mol. The van der Waals surface area contributed by atoms with Crippen LogP contribution in [0.1, 0.15) is 57.2 Å². The molecule has 7 nitrogen and oxygen atoms in total. The third-order valence-electron chi connectivity index (χ3n) is 7.33. The smallest absolute Gasteiger partial charge is 0.274 e. The minimum Gasteiger partial charge on any atom is -0.381 e. The molecule has 2 aliphatic heterocycles. The minimum absolute atomic E-state index is 0.00258. The van der Waals surface area contributed by atoms with Crippen molar-refractivity contribution in [3.8, 4) is 0 Å². The lowest BCUT2D eigenvalue weighted by molar-refractivity contribution is 0.0734. The van der Waals surface area contributed by atoms with Gasteiger partial charge in [-0.05, 0) is 61.9 Å². The van der Waals surface area contributed by atoms with Crippen LogP contribution >= 0.6 is 0 Å². The highest BCUT2D eigenvalue weighted by Gasteiger charge is 2.26. The molecule has 0 radical (unpaired) electrons. The Morgan fingerprint density at radius 1 is 1.09 bits per heavy atom. The van der Waals surface area contributed by atoms with Crippen LogP contribution in [-0.4, -0.2) is 44.9 Å². The predicted molar refractivity (Wildman–Crippen MR) is 130 cm³/mol. The predicted octanol–water partition coefficient (Wildman–Crippen LogP) is 3.89. The van der Waals surface area contributed by atoms with Crippen molar-refractivity contribution in [3.05, 3.63) is 80.5 Å². The van der Waals surface area contributed by atoms with Crippen molar-refractivity contribution in [2.75, 3.05) is 19.8 Å². The number of nitrogens with one attached hydrogen (secondary N) is 1. The van der Waals surface area contributed by atoms with Gasteiger partial charge in [0.25, 0.3) is 11.5 Å². The number of rotatable bonds is 2. The van der Waals surface area contributed by atoms with Gasteiger partial charge in [0.2, 0.25) is 0 Å². The monoisotopic (exact) mass is 456 g/mol. The van der Waals surface area contributed by atoms with E-state index in [1.54, 1.807) is 6.20 Å². The molecule has 1 fully saturated rings. The molecule has 2 aromatic carbocycles. The molecule has 0 bridgehead atoms. The summed E-state index contributed by atoms with van der Waals surface area (Å²) in [5.74, 6) is 1.15. The van der Waals surface area contributed by atoms with Crippen LogP contribution in [0, 0.1) is 13.8 Å². The lowest BCUT2D eigenvalue weighted by Crippen LogP contribution is -2.36. The number of ether oxygens (including phenoxy) is 1. The molecule has 4 heterocycles. The van der Waals surface area contributed by atoms with Crippen LogP contribution in [0.5, 0.6) is 0 Å². The van der Waals surface area contributed by atoms with Gasteiger partial charge in [0, 0.05) is 37.8 Å². The van der Waals surface area contributed by atoms with Gasteiger partial charge in [0.15, 0.2) is 0 Å². The van der Waals surface area contributed by atoms with Gasteiger partial charge < -0.3 is 14.6 Å². The van der Waals surface area contributed by atoms with Crippen LogP contribution in [0.4, 0.5) is 0 Å². The number of aromatic amines is 1. The molecular formula is C27H28N4O3. The molecule has 174 valence electrons. The van der Waals surface area contributed by atoms with Crippen LogP contribution in [0.25, 0.3) is 16.6 Å². The lowest BCUT2D eigenvalue weighted by Gasteiger charge is -2.30. The number of fused-ring (bicyclic) bond motifs is 4. The molecule has 0 atom stereocenters. The summed E-state index contributed by atoms with van der Waals surface area (Å²) in [6.07, 6.45) is 4.29. The SMILES string of the molecule is Cc1ccc2c(c1)CN(C(=O)c1cc3[nH]c(=O)c4cnc(C5CCOCC5)n4c3cc1C)CC2. The van der Waals surface area contributed by atoms with Crippen LogP contribution in [-0.2, 0) is 17.7 Å². The molecule has 6 rings (SSSR count). The molecule has 1 amide bonds. The Labute approximate surface area is 197 Å². The lowest BCUT2D eigenvalue weighted by atomic mass is 9.96. The zero-order valence-electron chi connectivity index (χ0n) is 19.6. The van der Waals surface area contributed by atoms with Crippen molar-refractivity contribution >= 4 is 22.5 Å². The molecule has 34 heavy (non-hydrogen) atoms. The van der Waals surface area contributed by atoms with Gasteiger partial charge in [-0.3, -0.25) is 14.0 Å². The number of carbonyl (C=O) groups excluding carboxylic acids is 1. The van der Waals surface area contributed by atoms with E-state index in [1.807, 2.05) is 28.4 Å². The summed E-state index contributed by atoms with van der Waals surface area (Å²) in [4.78, 5) is 36.0. The van der Waals surface area contributed by atoms with Crippen molar-refractivity contribution in [1.29, 1.82) is 0 Å². The zero-order valence-corrected chi connectivity index (χ0v) is 19.6. The summed E-state index contributed by atoms with van der Waals surface area (Å²) in [7, 11) is 0. The standard InChI is InChI=1S/C27H28N4O3/c1-16-3-4-18-5-8-30(15-20(18)11-16)27(33)21-13-22-23(12-17(21)2)31-24(26(32)29-22)14-28-25(31)19-6-9-34-10-7-19/h3-4,11-14,19H,5-10,15H2,1-2H3,(H,29,32). The molecule has 1 N–H and O–H groups in total. The Morgan fingerprint density at radius 2 is 1.91 bits per heavy atom. The first-order valence-electron chi connectivity index (χ1n) is 12.0. The third kappa shape index (κ3) is 3.42. The first-order chi connectivity index (χ1) is 16.5. The maximum atomic E-state index is 13.6. The molecule has 0 aliphatic carbocycles. The maximum Gasteiger partial charge on any atom is 0.274 e. The maximum absolute atomic E-state index is 13.6. The molecule has 0 saturated carbocycles. The fourth-order valence-electron chi connectivity index (χ4n) is 5.45. The van der Waals surface area contributed by atoms with Crippen LogP contribution in [0.2, 0.25) is 0 Å². The van der Waals surface area contributed by atoms with E-state index in [0.717, 1.165) is 36.2 Å². The molecule has 4 aromatic rings. The number of H-pyrrole nitrogens is 1. The van der Waals surface area contributed by atoms with Crippen LogP contribution in [0.3, 0.4) is 0 Å². The number of hydrogen-bond acceptors (Lipinski definition) is 4. The van der Waals surface area contributed by atoms with E-state index < -0.39 is 0 Å². The molecule has 1 saturated heterocycles. The average Bonchev–Trinajstić information content (AvgIpc) is 3.30. The summed E-state index contributed by atoms with van der Waals surface area (Å²) in [5.41, 5.74) is 7.15. The summed E-state index contributed by atoms with van der Waals surface area (Å²) in [6, 6.07) is 10.3. The number of carbonyl (C=O) groups is 1. The topological polar surface area (TPSA) is 79.7 Å². The van der Waals surface area contributed by atoms with Gasteiger partial charge in [-0.1, -0.05) is 23.8 Å². The second kappa shape index (κ2) is 8.09. The first-order valence-corrected chi connectivity index (χ1v) is 12.0. The average molecular weight is 457 g/mol. The summed E-state index contributed by atoms with van der Waals surface area (Å²) >= 11 is 0. The van der Waals surface area contributed by atoms with Gasteiger partial charge in [-0.2, -0.15) is 0 Å². The van der Waals surface area contributed by atoms with Gasteiger partial charge >= 0.3 is 0 Å². The van der Waals surface area contributed by atoms with E-state index in [2.05, 4.69) is 35.1 Å². The van der Waals surface area contributed by atoms with E-state index in [0.29, 0.717) is 42.9 Å². The highest BCUT2D eigenvalue weighted by Crippen LogP contribution is 2.29. The zero-order chi connectivity index (χ0) is 23.4. The van der Waals surface area contributed by atoms with Crippen molar-refractivity contribution in [1.82, 2.24) is 19.3 Å². The second-order valence-corrected chi connectivity index (χ2v) is 9.61. The summed E-state index contributed by atoms with van der Waals surface area (Å²) < 4.78 is 7.50. The van der Waals surface area contributed by atoms with Crippen LogP contribution in [0.15, 0.2) is 41.3 Å². The third-order valence-corrected chi connectivity index (χ3v) is 7.33. The number of aromatic nitrogens is 3. The van der Waals surface area contributed by atoms with E-state index in [1.165, 1.54) is 16.7 Å². The molecule has 2 aromatic heterocycles. The summed E-state index contributed by atoms with van der Waals surface area (Å²) in [5, 5.41) is 0. The van der Waals surface area contributed by atoms with E-state index in [9.17, 15) is 9.59 Å². The fraction of sp³-hybridized carbons (Fsp3) is 0.370. The van der Waals surface area contributed by atoms with Crippen molar-refractivity contribution in [2.45, 2.75) is 45.6 Å². The largest absolute Gasteiger partial charge is 0.381 e. The second-order valence-electron chi connectivity index (χ2n) is 9.61. The molecule has 0 spiro atoms. The van der Waals surface area contributed by atoms with E-state index >= 15 is 0 Å². The molecule has 2 aliphatic rings. The first kappa shape index (κ1) is 21.1. The Morgan fingerprint density at radius 3 is 2.74 bits per heavy atom. The normalized spacial score (nSPS) is 16.8. The van der Waals surface area contributed by atoms with Gasteiger partial charge in [-0.25, -0.2) is 4.98 Å². The number of aryl methyl sites for hydroxylation is 2.